The summed E-state index contributed by atoms with van der Waals surface area (Å²) in [6.07, 6.45) is 6.61. The summed E-state index contributed by atoms with van der Waals surface area (Å²) in [6, 6.07) is 3.54. The van der Waals surface area contributed by atoms with Crippen molar-refractivity contribution in [2.45, 2.75) is 38.2 Å². The van der Waals surface area contributed by atoms with Gasteiger partial charge in [0.1, 0.15) is 0 Å². The maximum atomic E-state index is 13.7. The number of ether oxygens (including phenoxy) is 2. The SMILES string of the molecule is O=C(O)c1ccc(F)c(OCOC2CC3CC2C2CCCC32)c1. The topological polar surface area (TPSA) is 55.8 Å². The Labute approximate surface area is 134 Å². The molecule has 1 N–H and O–H groups in total. The number of fused-ring (bicyclic) bond motifs is 5. The van der Waals surface area contributed by atoms with Crippen LogP contribution in [-0.4, -0.2) is 24.0 Å². The van der Waals surface area contributed by atoms with E-state index in [4.69, 9.17) is 14.6 Å². The Morgan fingerprint density at radius 1 is 1.22 bits per heavy atom. The second kappa shape index (κ2) is 5.78. The maximum absolute atomic E-state index is 13.7. The fourth-order valence-electron chi connectivity index (χ4n) is 5.13. The third-order valence-electron chi connectivity index (χ3n) is 6.04. The van der Waals surface area contributed by atoms with Crippen LogP contribution in [0.5, 0.6) is 5.75 Å². The Balaban J connectivity index is 1.34. The van der Waals surface area contributed by atoms with Gasteiger partial charge in [0, 0.05) is 0 Å². The minimum atomic E-state index is -1.10. The van der Waals surface area contributed by atoms with Crippen LogP contribution in [-0.2, 0) is 4.74 Å². The van der Waals surface area contributed by atoms with Gasteiger partial charge in [-0.05, 0) is 67.6 Å². The molecule has 4 nitrogen and oxygen atoms in total. The first-order chi connectivity index (χ1) is 11.1. The first-order valence-electron chi connectivity index (χ1n) is 8.40. The van der Waals surface area contributed by atoms with Crippen LogP contribution in [0.3, 0.4) is 0 Å². The zero-order chi connectivity index (χ0) is 16.0. The average molecular weight is 320 g/mol. The third-order valence-corrected chi connectivity index (χ3v) is 6.04. The van der Waals surface area contributed by atoms with Gasteiger partial charge in [-0.15, -0.1) is 0 Å². The Hall–Kier alpha value is -1.62. The standard InChI is InChI=1S/C18H21FO4/c19-15-5-4-10(18(20)21)7-17(15)23-9-22-16-8-11-6-14(16)13-3-1-2-12(11)13/h4-5,7,11-14,16H,1-3,6,8-9H2,(H,20,21). The number of hydrogen-bond donors (Lipinski definition) is 1. The molecule has 5 heteroatoms. The first-order valence-corrected chi connectivity index (χ1v) is 8.40. The molecule has 2 bridgehead atoms. The van der Waals surface area contributed by atoms with Crippen LogP contribution in [0, 0.1) is 29.5 Å². The molecular weight excluding hydrogens is 299 g/mol. The van der Waals surface area contributed by atoms with E-state index in [0.717, 1.165) is 30.2 Å². The van der Waals surface area contributed by atoms with Crippen molar-refractivity contribution in [2.75, 3.05) is 6.79 Å². The van der Waals surface area contributed by atoms with Crippen LogP contribution >= 0.6 is 0 Å². The lowest BCUT2D eigenvalue weighted by molar-refractivity contribution is -0.0735. The highest BCUT2D eigenvalue weighted by Crippen LogP contribution is 2.59. The summed E-state index contributed by atoms with van der Waals surface area (Å²) in [5.74, 6) is 1.41. The molecule has 5 unspecified atom stereocenters. The predicted octanol–water partition coefficient (Wildman–Crippen LogP) is 3.70. The van der Waals surface area contributed by atoms with Crippen LogP contribution in [0.25, 0.3) is 0 Å². The largest absolute Gasteiger partial charge is 0.478 e. The summed E-state index contributed by atoms with van der Waals surface area (Å²) in [7, 11) is 0. The van der Waals surface area contributed by atoms with Gasteiger partial charge in [0.15, 0.2) is 18.4 Å². The van der Waals surface area contributed by atoms with Crippen molar-refractivity contribution < 1.29 is 23.8 Å². The number of rotatable bonds is 5. The van der Waals surface area contributed by atoms with E-state index in [1.807, 2.05) is 0 Å². The van der Waals surface area contributed by atoms with Crippen LogP contribution in [0.1, 0.15) is 42.5 Å². The molecule has 0 amide bonds. The van der Waals surface area contributed by atoms with Crippen molar-refractivity contribution in [1.29, 1.82) is 0 Å². The fraction of sp³-hybridized carbons (Fsp3) is 0.611. The molecule has 5 atom stereocenters. The number of carbonyl (C=O) groups is 1. The monoisotopic (exact) mass is 320 g/mol. The maximum Gasteiger partial charge on any atom is 0.335 e. The van der Waals surface area contributed by atoms with Crippen molar-refractivity contribution in [3.63, 3.8) is 0 Å². The second-order valence-electron chi connectivity index (χ2n) is 7.07. The van der Waals surface area contributed by atoms with Crippen LogP contribution < -0.4 is 4.74 Å². The normalized spacial score (nSPS) is 34.6. The zero-order valence-corrected chi connectivity index (χ0v) is 12.9. The Bertz CT molecular complexity index is 617. The molecule has 1 aromatic rings. The van der Waals surface area contributed by atoms with Gasteiger partial charge in [0.05, 0.1) is 11.7 Å². The van der Waals surface area contributed by atoms with Crippen molar-refractivity contribution in [1.82, 2.24) is 0 Å². The average Bonchev–Trinajstić information content (AvgIpc) is 3.20. The van der Waals surface area contributed by atoms with E-state index in [9.17, 15) is 9.18 Å². The molecule has 124 valence electrons. The minimum Gasteiger partial charge on any atom is -0.478 e. The van der Waals surface area contributed by atoms with Crippen LogP contribution in [0.2, 0.25) is 0 Å². The number of benzene rings is 1. The van der Waals surface area contributed by atoms with Crippen molar-refractivity contribution in [2.24, 2.45) is 23.7 Å². The molecule has 0 spiro atoms. The zero-order valence-electron chi connectivity index (χ0n) is 12.9. The van der Waals surface area contributed by atoms with Gasteiger partial charge in [-0.2, -0.15) is 0 Å². The van der Waals surface area contributed by atoms with E-state index < -0.39 is 11.8 Å². The highest BCUT2D eigenvalue weighted by molar-refractivity contribution is 5.88. The number of aromatic carboxylic acids is 1. The summed E-state index contributed by atoms with van der Waals surface area (Å²) < 4.78 is 24.9. The van der Waals surface area contributed by atoms with Gasteiger partial charge in [-0.1, -0.05) is 6.42 Å². The molecule has 4 rings (SSSR count). The Morgan fingerprint density at radius 3 is 2.87 bits per heavy atom. The third kappa shape index (κ3) is 2.61. The number of halogens is 1. The molecule has 0 saturated heterocycles. The summed E-state index contributed by atoms with van der Waals surface area (Å²) in [4.78, 5) is 10.9. The first kappa shape index (κ1) is 14.9. The molecule has 0 heterocycles. The molecular formula is C18H21FO4. The highest BCUT2D eigenvalue weighted by Gasteiger charge is 2.54. The number of hydrogen-bond acceptors (Lipinski definition) is 3. The summed E-state index contributed by atoms with van der Waals surface area (Å²) >= 11 is 0. The van der Waals surface area contributed by atoms with E-state index in [2.05, 4.69) is 0 Å². The minimum absolute atomic E-state index is 0.00937. The second-order valence-corrected chi connectivity index (χ2v) is 7.07. The number of carboxylic acids is 1. The van der Waals surface area contributed by atoms with E-state index in [1.54, 1.807) is 0 Å². The lowest BCUT2D eigenvalue weighted by Crippen LogP contribution is -2.31. The van der Waals surface area contributed by atoms with E-state index >= 15 is 0 Å². The molecule has 23 heavy (non-hydrogen) atoms. The lowest BCUT2D eigenvalue weighted by Gasteiger charge is -2.31. The van der Waals surface area contributed by atoms with Gasteiger partial charge in [0.25, 0.3) is 0 Å². The molecule has 3 aliphatic rings. The summed E-state index contributed by atoms with van der Waals surface area (Å²) in [6.45, 7) is -0.0226. The van der Waals surface area contributed by atoms with E-state index in [0.29, 0.717) is 5.92 Å². The molecule has 1 aromatic carbocycles. The lowest BCUT2D eigenvalue weighted by atomic mass is 9.80. The van der Waals surface area contributed by atoms with Gasteiger partial charge >= 0.3 is 5.97 Å². The van der Waals surface area contributed by atoms with Crippen molar-refractivity contribution in [3.05, 3.63) is 29.6 Å². The summed E-state index contributed by atoms with van der Waals surface area (Å²) in [5, 5.41) is 8.95. The quantitative estimate of drug-likeness (QED) is 0.841. The Kier molecular flexibility index (Phi) is 3.76. The highest BCUT2D eigenvalue weighted by atomic mass is 19.1. The fourth-order valence-corrected chi connectivity index (χ4v) is 5.13. The smallest absolute Gasteiger partial charge is 0.335 e. The molecule has 3 aliphatic carbocycles. The van der Waals surface area contributed by atoms with E-state index in [1.165, 1.54) is 37.8 Å². The molecule has 3 saturated carbocycles. The van der Waals surface area contributed by atoms with Gasteiger partial charge in [-0.3, -0.25) is 0 Å². The summed E-state index contributed by atoms with van der Waals surface area (Å²) in [5.41, 5.74) is 0.00937. The van der Waals surface area contributed by atoms with Gasteiger partial charge < -0.3 is 14.6 Å². The van der Waals surface area contributed by atoms with Gasteiger partial charge in [-0.25, -0.2) is 9.18 Å². The van der Waals surface area contributed by atoms with Gasteiger partial charge in [0.2, 0.25) is 0 Å². The molecule has 0 aromatic heterocycles. The van der Waals surface area contributed by atoms with E-state index in [-0.39, 0.29) is 24.2 Å². The van der Waals surface area contributed by atoms with Crippen molar-refractivity contribution in [3.8, 4) is 5.75 Å². The Morgan fingerprint density at radius 2 is 2.04 bits per heavy atom. The molecule has 0 radical (unpaired) electrons. The predicted molar refractivity (Wildman–Crippen MR) is 80.8 cm³/mol. The number of carboxylic acid groups (broad SMARTS) is 1. The molecule has 3 fully saturated rings. The molecule has 0 aliphatic heterocycles. The van der Waals surface area contributed by atoms with Crippen LogP contribution in [0.4, 0.5) is 4.39 Å². The van der Waals surface area contributed by atoms with Crippen LogP contribution in [0.15, 0.2) is 18.2 Å². The van der Waals surface area contributed by atoms with Crippen molar-refractivity contribution >= 4 is 5.97 Å².